The third-order valence-corrected chi connectivity index (χ3v) is 2.42. The first kappa shape index (κ1) is 10.6. The maximum atomic E-state index is 9.62. The second-order valence-electron chi connectivity index (χ2n) is 3.57. The molecule has 0 saturated carbocycles. The van der Waals surface area contributed by atoms with Crippen LogP contribution in [0.3, 0.4) is 0 Å². The lowest BCUT2D eigenvalue weighted by atomic mass is 10.1. The smallest absolute Gasteiger partial charge is 0.192 e. The first-order chi connectivity index (χ1) is 7.63. The summed E-state index contributed by atoms with van der Waals surface area (Å²) in [6.07, 6.45) is -0.678. The highest BCUT2D eigenvalue weighted by molar-refractivity contribution is 6.39. The third-order valence-electron chi connectivity index (χ3n) is 2.42. The van der Waals surface area contributed by atoms with Gasteiger partial charge in [-0.2, -0.15) is 0 Å². The molecule has 6 heteroatoms. The van der Waals surface area contributed by atoms with Crippen LogP contribution in [0.5, 0.6) is 0 Å². The Hall–Kier alpha value is -1.92. The van der Waals surface area contributed by atoms with E-state index in [-0.39, 0.29) is 11.7 Å². The van der Waals surface area contributed by atoms with E-state index in [9.17, 15) is 5.21 Å². The predicted octanol–water partition coefficient (Wildman–Crippen LogP) is 1.05. The molecule has 1 heterocycles. The summed E-state index contributed by atoms with van der Waals surface area (Å²) in [7, 11) is 0. The number of rotatable bonds is 1. The van der Waals surface area contributed by atoms with Gasteiger partial charge in [0.15, 0.2) is 17.8 Å². The van der Waals surface area contributed by atoms with Gasteiger partial charge in [-0.3, -0.25) is 15.8 Å². The molecule has 0 spiro atoms. The Bertz CT molecular complexity index is 441. The number of hydrogen-bond donors (Lipinski definition) is 4. The van der Waals surface area contributed by atoms with Gasteiger partial charge in [-0.1, -0.05) is 29.8 Å². The summed E-state index contributed by atoms with van der Waals surface area (Å²) in [5.74, 6) is -0.304. The Morgan fingerprint density at radius 2 is 2.00 bits per heavy atom. The third kappa shape index (κ3) is 1.64. The van der Waals surface area contributed by atoms with Crippen LogP contribution < -0.4 is 5.48 Å². The average Bonchev–Trinajstić information content (AvgIpc) is 2.57. The van der Waals surface area contributed by atoms with Gasteiger partial charge >= 0.3 is 0 Å². The molecule has 0 aromatic heterocycles. The minimum absolute atomic E-state index is 0.0481. The molecule has 1 aliphatic heterocycles. The van der Waals surface area contributed by atoms with Crippen molar-refractivity contribution in [2.75, 3.05) is 0 Å². The second-order valence-corrected chi connectivity index (χ2v) is 3.57. The SMILES string of the molecule is Cc1ccc(C2N=C(NO)C(=N)N2O)cc1. The normalized spacial score (nSPS) is 19.9. The maximum Gasteiger partial charge on any atom is 0.192 e. The molecule has 0 amide bonds. The zero-order valence-electron chi connectivity index (χ0n) is 8.68. The number of benzene rings is 1. The molecule has 0 bridgehead atoms. The van der Waals surface area contributed by atoms with Gasteiger partial charge in [0.25, 0.3) is 0 Å². The van der Waals surface area contributed by atoms with Crippen molar-refractivity contribution in [2.24, 2.45) is 4.99 Å². The summed E-state index contributed by atoms with van der Waals surface area (Å²) in [6.45, 7) is 1.96. The standard InChI is InChI=1S/C10H12N4O2/c1-6-2-4-7(5-3-6)10-12-9(13-15)8(11)14(10)16/h2-5,10-11,15-16H,1H3,(H,12,13). The molecule has 84 valence electrons. The number of hydrogen-bond acceptors (Lipinski definition) is 5. The van der Waals surface area contributed by atoms with Gasteiger partial charge in [0.2, 0.25) is 0 Å². The number of amidine groups is 2. The first-order valence-electron chi connectivity index (χ1n) is 4.75. The van der Waals surface area contributed by atoms with Crippen molar-refractivity contribution < 1.29 is 10.4 Å². The number of hydroxylamine groups is 3. The zero-order chi connectivity index (χ0) is 11.7. The molecule has 0 aliphatic carbocycles. The van der Waals surface area contributed by atoms with Crippen LogP contribution in [0, 0.1) is 12.3 Å². The summed E-state index contributed by atoms with van der Waals surface area (Å²) in [5.41, 5.74) is 3.63. The Morgan fingerprint density at radius 1 is 1.38 bits per heavy atom. The van der Waals surface area contributed by atoms with E-state index in [2.05, 4.69) is 4.99 Å². The molecule has 1 aliphatic rings. The van der Waals surface area contributed by atoms with Crippen molar-refractivity contribution in [1.29, 1.82) is 5.41 Å². The summed E-state index contributed by atoms with van der Waals surface area (Å²) in [5, 5.41) is 26.5. The van der Waals surface area contributed by atoms with E-state index in [0.717, 1.165) is 11.1 Å². The van der Waals surface area contributed by atoms with Crippen molar-refractivity contribution in [2.45, 2.75) is 13.1 Å². The Kier molecular flexibility index (Phi) is 2.59. The van der Waals surface area contributed by atoms with Crippen LogP contribution >= 0.6 is 0 Å². The van der Waals surface area contributed by atoms with Crippen LogP contribution in [0.4, 0.5) is 0 Å². The lowest BCUT2D eigenvalue weighted by Gasteiger charge is -2.17. The Morgan fingerprint density at radius 3 is 2.50 bits per heavy atom. The molecule has 1 unspecified atom stereocenters. The topological polar surface area (TPSA) is 91.9 Å². The quantitative estimate of drug-likeness (QED) is 0.532. The molecule has 0 radical (unpaired) electrons. The van der Waals surface area contributed by atoms with Crippen molar-refractivity contribution in [3.8, 4) is 0 Å². The molecule has 4 N–H and O–H groups in total. The summed E-state index contributed by atoms with van der Waals surface area (Å²) in [6, 6.07) is 7.43. The monoisotopic (exact) mass is 220 g/mol. The number of aliphatic imine (C=N–C) groups is 1. The molecule has 16 heavy (non-hydrogen) atoms. The summed E-state index contributed by atoms with van der Waals surface area (Å²) < 4.78 is 0. The van der Waals surface area contributed by atoms with Gasteiger partial charge in [-0.15, -0.1) is 0 Å². The Labute approximate surface area is 92.3 Å². The van der Waals surface area contributed by atoms with Crippen LogP contribution in [-0.4, -0.2) is 27.1 Å². The summed E-state index contributed by atoms with van der Waals surface area (Å²) in [4.78, 5) is 3.98. The lowest BCUT2D eigenvalue weighted by Crippen LogP contribution is -2.33. The summed E-state index contributed by atoms with van der Waals surface area (Å²) >= 11 is 0. The fourth-order valence-electron chi connectivity index (χ4n) is 1.51. The molecule has 0 saturated heterocycles. The van der Waals surface area contributed by atoms with Crippen molar-refractivity contribution >= 4 is 11.7 Å². The molecular formula is C10H12N4O2. The lowest BCUT2D eigenvalue weighted by molar-refractivity contribution is -0.0454. The maximum absolute atomic E-state index is 9.62. The van der Waals surface area contributed by atoms with E-state index < -0.39 is 6.17 Å². The number of nitrogens with zero attached hydrogens (tertiary/aromatic N) is 2. The van der Waals surface area contributed by atoms with Crippen molar-refractivity contribution in [3.05, 3.63) is 35.4 Å². The minimum Gasteiger partial charge on any atom is -0.290 e. The van der Waals surface area contributed by atoms with Crippen LogP contribution in [0.25, 0.3) is 0 Å². The van der Waals surface area contributed by atoms with Crippen LogP contribution in [0.2, 0.25) is 0 Å². The molecular weight excluding hydrogens is 208 g/mol. The van der Waals surface area contributed by atoms with Gasteiger partial charge in [0.1, 0.15) is 0 Å². The first-order valence-corrected chi connectivity index (χ1v) is 4.75. The molecule has 1 aromatic carbocycles. The zero-order valence-corrected chi connectivity index (χ0v) is 8.68. The molecule has 2 rings (SSSR count). The van der Waals surface area contributed by atoms with E-state index >= 15 is 0 Å². The van der Waals surface area contributed by atoms with Gasteiger partial charge in [0, 0.05) is 0 Å². The van der Waals surface area contributed by atoms with E-state index in [1.165, 1.54) is 0 Å². The van der Waals surface area contributed by atoms with Gasteiger partial charge in [-0.05, 0) is 12.5 Å². The van der Waals surface area contributed by atoms with Crippen molar-refractivity contribution in [1.82, 2.24) is 10.5 Å². The highest BCUT2D eigenvalue weighted by atomic mass is 16.5. The van der Waals surface area contributed by atoms with Gasteiger partial charge < -0.3 is 0 Å². The van der Waals surface area contributed by atoms with Gasteiger partial charge in [0.05, 0.1) is 0 Å². The molecule has 0 fully saturated rings. The molecule has 6 nitrogen and oxygen atoms in total. The van der Waals surface area contributed by atoms with Crippen molar-refractivity contribution in [3.63, 3.8) is 0 Å². The number of aryl methyl sites for hydroxylation is 1. The Balaban J connectivity index is 2.32. The highest BCUT2D eigenvalue weighted by Gasteiger charge is 2.31. The minimum atomic E-state index is -0.678. The second kappa shape index (κ2) is 3.92. The van der Waals surface area contributed by atoms with Gasteiger partial charge in [-0.25, -0.2) is 15.5 Å². The van der Waals surface area contributed by atoms with Crippen LogP contribution in [0.1, 0.15) is 17.3 Å². The predicted molar refractivity (Wildman–Crippen MR) is 57.6 cm³/mol. The van der Waals surface area contributed by atoms with E-state index in [4.69, 9.17) is 10.6 Å². The van der Waals surface area contributed by atoms with E-state index in [1.807, 2.05) is 31.2 Å². The fraction of sp³-hybridized carbons (Fsp3) is 0.200. The largest absolute Gasteiger partial charge is 0.290 e. The number of nitrogens with one attached hydrogen (secondary N) is 2. The van der Waals surface area contributed by atoms with Crippen LogP contribution in [0.15, 0.2) is 29.3 Å². The fourth-order valence-corrected chi connectivity index (χ4v) is 1.51. The van der Waals surface area contributed by atoms with E-state index in [1.54, 1.807) is 5.48 Å². The average molecular weight is 220 g/mol. The van der Waals surface area contributed by atoms with Crippen LogP contribution in [-0.2, 0) is 0 Å². The molecule has 1 aromatic rings. The highest BCUT2D eigenvalue weighted by Crippen LogP contribution is 2.25. The molecule has 1 atom stereocenters. The van der Waals surface area contributed by atoms with E-state index in [0.29, 0.717) is 5.06 Å².